The molecule has 2 N–H and O–H groups in total. The Morgan fingerprint density at radius 3 is 2.50 bits per heavy atom. The van der Waals surface area contributed by atoms with Gasteiger partial charge in [0.05, 0.1) is 5.92 Å². The average Bonchev–Trinajstić information content (AvgIpc) is 2.81. The van der Waals surface area contributed by atoms with E-state index in [1.165, 1.54) is 0 Å². The van der Waals surface area contributed by atoms with Gasteiger partial charge in [-0.25, -0.2) is 4.79 Å². The van der Waals surface area contributed by atoms with E-state index in [-0.39, 0.29) is 18.2 Å². The van der Waals surface area contributed by atoms with Gasteiger partial charge in [0.25, 0.3) is 0 Å². The van der Waals surface area contributed by atoms with Crippen LogP contribution in [0.1, 0.15) is 45.4 Å². The first-order valence-electron chi connectivity index (χ1n) is 7.31. The lowest BCUT2D eigenvalue weighted by atomic mass is 9.81. The molecule has 2 rings (SSSR count). The largest absolute Gasteiger partial charge is 0.480 e. The molecule has 0 aromatic rings. The number of carboxylic acid groups (broad SMARTS) is 1. The number of carbonyl (C=O) groups excluding carboxylic acids is 2. The zero-order valence-electron chi connectivity index (χ0n) is 11.9. The highest BCUT2D eigenvalue weighted by Gasteiger charge is 2.43. The summed E-state index contributed by atoms with van der Waals surface area (Å²) in [6.07, 6.45) is 3.79. The molecular formula is C14H22N2O4. The predicted molar refractivity (Wildman–Crippen MR) is 72.0 cm³/mol. The van der Waals surface area contributed by atoms with Gasteiger partial charge in [0.1, 0.15) is 5.54 Å². The third-order valence-electron chi connectivity index (χ3n) is 4.45. The van der Waals surface area contributed by atoms with Gasteiger partial charge < -0.3 is 15.3 Å². The third-order valence-corrected chi connectivity index (χ3v) is 4.45. The van der Waals surface area contributed by atoms with Crippen LogP contribution in [0.5, 0.6) is 0 Å². The monoisotopic (exact) mass is 282 g/mol. The molecule has 112 valence electrons. The van der Waals surface area contributed by atoms with Gasteiger partial charge in [-0.1, -0.05) is 19.3 Å². The third kappa shape index (κ3) is 2.78. The van der Waals surface area contributed by atoms with Crippen LogP contribution in [0.3, 0.4) is 0 Å². The Hall–Kier alpha value is -1.59. The zero-order chi connectivity index (χ0) is 14.8. The van der Waals surface area contributed by atoms with E-state index in [1.807, 2.05) is 6.92 Å². The van der Waals surface area contributed by atoms with Crippen LogP contribution in [-0.2, 0) is 14.4 Å². The lowest BCUT2D eigenvalue weighted by Gasteiger charge is -2.34. The molecule has 0 bridgehead atoms. The molecule has 1 saturated heterocycles. The van der Waals surface area contributed by atoms with Gasteiger partial charge >= 0.3 is 5.97 Å². The molecule has 1 unspecified atom stereocenters. The van der Waals surface area contributed by atoms with Gasteiger partial charge in [0.15, 0.2) is 0 Å². The van der Waals surface area contributed by atoms with E-state index < -0.39 is 17.4 Å². The predicted octanol–water partition coefficient (Wildman–Crippen LogP) is 0.758. The van der Waals surface area contributed by atoms with Gasteiger partial charge in [-0.15, -0.1) is 0 Å². The Kier molecular flexibility index (Phi) is 4.30. The van der Waals surface area contributed by atoms with Crippen LogP contribution in [0.4, 0.5) is 0 Å². The molecule has 1 saturated carbocycles. The molecule has 1 heterocycles. The highest BCUT2D eigenvalue weighted by atomic mass is 16.4. The molecule has 2 aliphatic rings. The van der Waals surface area contributed by atoms with E-state index in [4.69, 9.17) is 0 Å². The number of carbonyl (C=O) groups is 3. The first-order valence-corrected chi connectivity index (χ1v) is 7.31. The van der Waals surface area contributed by atoms with Gasteiger partial charge in [0.2, 0.25) is 11.8 Å². The van der Waals surface area contributed by atoms with Gasteiger partial charge in [-0.3, -0.25) is 9.59 Å². The first kappa shape index (κ1) is 14.8. The summed E-state index contributed by atoms with van der Waals surface area (Å²) in [7, 11) is 0. The second-order valence-corrected chi connectivity index (χ2v) is 5.77. The average molecular weight is 282 g/mol. The molecule has 20 heavy (non-hydrogen) atoms. The molecular weight excluding hydrogens is 260 g/mol. The number of hydrogen-bond donors (Lipinski definition) is 2. The second kappa shape index (κ2) is 5.81. The van der Waals surface area contributed by atoms with Crippen molar-refractivity contribution in [1.82, 2.24) is 10.2 Å². The Bertz CT molecular complexity index is 415. The number of hydrogen-bond acceptors (Lipinski definition) is 3. The minimum atomic E-state index is -1.13. The van der Waals surface area contributed by atoms with Crippen LogP contribution in [0.15, 0.2) is 0 Å². The normalized spacial score (nSPS) is 25.6. The number of likely N-dealkylation sites (tertiary alicyclic amines) is 1. The van der Waals surface area contributed by atoms with Crippen LogP contribution in [-0.4, -0.2) is 46.4 Å². The first-order chi connectivity index (χ1) is 9.48. The number of carboxylic acids is 1. The maximum absolute atomic E-state index is 12.3. The standard InChI is InChI=1S/C14H22N2O4/c1-2-16-9-10(8-11(16)17)12(18)15-14(13(19)20)6-4-3-5-7-14/h10H,2-9H2,1H3,(H,15,18)(H,19,20). The van der Waals surface area contributed by atoms with E-state index in [9.17, 15) is 19.5 Å². The number of nitrogens with zero attached hydrogens (tertiary/aromatic N) is 1. The van der Waals surface area contributed by atoms with Crippen molar-refractivity contribution in [1.29, 1.82) is 0 Å². The van der Waals surface area contributed by atoms with Crippen LogP contribution in [0.2, 0.25) is 0 Å². The van der Waals surface area contributed by atoms with Crippen molar-refractivity contribution in [2.45, 2.75) is 51.0 Å². The Labute approximate surface area is 118 Å². The lowest BCUT2D eigenvalue weighted by Crippen LogP contribution is -2.57. The molecule has 0 radical (unpaired) electrons. The Balaban J connectivity index is 2.02. The Morgan fingerprint density at radius 1 is 1.35 bits per heavy atom. The highest BCUT2D eigenvalue weighted by molar-refractivity contribution is 5.92. The van der Waals surface area contributed by atoms with E-state index >= 15 is 0 Å². The summed E-state index contributed by atoms with van der Waals surface area (Å²) < 4.78 is 0. The quantitative estimate of drug-likeness (QED) is 0.797. The maximum Gasteiger partial charge on any atom is 0.329 e. The lowest BCUT2D eigenvalue weighted by molar-refractivity contribution is -0.150. The van der Waals surface area contributed by atoms with Crippen molar-refractivity contribution in [3.05, 3.63) is 0 Å². The van der Waals surface area contributed by atoms with Crippen molar-refractivity contribution in [3.8, 4) is 0 Å². The highest BCUT2D eigenvalue weighted by Crippen LogP contribution is 2.29. The molecule has 0 aromatic carbocycles. The van der Waals surface area contributed by atoms with Crippen molar-refractivity contribution >= 4 is 17.8 Å². The van der Waals surface area contributed by atoms with Crippen LogP contribution in [0, 0.1) is 5.92 Å². The van der Waals surface area contributed by atoms with E-state index in [1.54, 1.807) is 4.90 Å². The van der Waals surface area contributed by atoms with Crippen LogP contribution >= 0.6 is 0 Å². The summed E-state index contributed by atoms with van der Waals surface area (Å²) >= 11 is 0. The minimum absolute atomic E-state index is 0.0272. The summed E-state index contributed by atoms with van der Waals surface area (Å²) in [4.78, 5) is 37.1. The van der Waals surface area contributed by atoms with E-state index in [2.05, 4.69) is 5.32 Å². The fourth-order valence-electron chi connectivity index (χ4n) is 3.14. The fourth-order valence-corrected chi connectivity index (χ4v) is 3.14. The summed E-state index contributed by atoms with van der Waals surface area (Å²) in [5, 5.41) is 12.2. The number of rotatable bonds is 4. The van der Waals surface area contributed by atoms with Gasteiger partial charge in [0, 0.05) is 19.5 Å². The number of aliphatic carboxylic acids is 1. The SMILES string of the molecule is CCN1CC(C(=O)NC2(C(=O)O)CCCCC2)CC1=O. The van der Waals surface area contributed by atoms with E-state index in [0.29, 0.717) is 25.9 Å². The van der Waals surface area contributed by atoms with Crippen molar-refractivity contribution in [2.24, 2.45) is 5.92 Å². The molecule has 6 heteroatoms. The fraction of sp³-hybridized carbons (Fsp3) is 0.786. The Morgan fingerprint density at radius 2 is 2.00 bits per heavy atom. The molecule has 0 spiro atoms. The molecule has 6 nitrogen and oxygen atoms in total. The zero-order valence-corrected chi connectivity index (χ0v) is 11.9. The van der Waals surface area contributed by atoms with Crippen LogP contribution < -0.4 is 5.32 Å². The summed E-state index contributed by atoms with van der Waals surface area (Å²) in [5.41, 5.74) is -1.13. The maximum atomic E-state index is 12.3. The molecule has 1 aliphatic carbocycles. The molecule has 2 fully saturated rings. The molecule has 1 aliphatic heterocycles. The number of amides is 2. The van der Waals surface area contributed by atoms with Gasteiger partial charge in [-0.05, 0) is 19.8 Å². The summed E-state index contributed by atoms with van der Waals surface area (Å²) in [6.45, 7) is 2.86. The summed E-state index contributed by atoms with van der Waals surface area (Å²) in [5.74, 6) is -1.69. The van der Waals surface area contributed by atoms with E-state index in [0.717, 1.165) is 19.3 Å². The summed E-state index contributed by atoms with van der Waals surface area (Å²) in [6, 6.07) is 0. The second-order valence-electron chi connectivity index (χ2n) is 5.77. The smallest absolute Gasteiger partial charge is 0.329 e. The van der Waals surface area contributed by atoms with Crippen molar-refractivity contribution < 1.29 is 19.5 Å². The molecule has 2 amide bonds. The number of nitrogens with one attached hydrogen (secondary N) is 1. The van der Waals surface area contributed by atoms with Gasteiger partial charge in [-0.2, -0.15) is 0 Å². The molecule has 0 aromatic heterocycles. The topological polar surface area (TPSA) is 86.7 Å². The minimum Gasteiger partial charge on any atom is -0.480 e. The van der Waals surface area contributed by atoms with Crippen molar-refractivity contribution in [3.63, 3.8) is 0 Å². The van der Waals surface area contributed by atoms with Crippen LogP contribution in [0.25, 0.3) is 0 Å². The molecule has 1 atom stereocenters. The van der Waals surface area contributed by atoms with Crippen molar-refractivity contribution in [2.75, 3.05) is 13.1 Å².